The molecule has 5 heteroatoms. The third-order valence-electron chi connectivity index (χ3n) is 5.29. The molecule has 1 heterocycles. The van der Waals surface area contributed by atoms with Crippen LogP contribution in [0.2, 0.25) is 0 Å². The van der Waals surface area contributed by atoms with E-state index < -0.39 is 0 Å². The molecule has 0 N–H and O–H groups in total. The number of hydrogen-bond donors (Lipinski definition) is 0. The molecule has 0 spiro atoms. The molecule has 5 rings (SSSR count). The molecule has 0 aliphatic heterocycles. The molecule has 1 aromatic heterocycles. The van der Waals surface area contributed by atoms with Crippen molar-refractivity contribution >= 4 is 27.8 Å². The number of ether oxygens (including phenoxy) is 2. The number of thiazole rings is 1. The highest BCUT2D eigenvalue weighted by Gasteiger charge is 2.27. The van der Waals surface area contributed by atoms with Crippen LogP contribution in [-0.4, -0.2) is 18.8 Å². The zero-order chi connectivity index (χ0) is 19.8. The second kappa shape index (κ2) is 7.41. The molecule has 4 aromatic rings. The van der Waals surface area contributed by atoms with Crippen LogP contribution in [0.4, 0.5) is 5.69 Å². The predicted molar refractivity (Wildman–Crippen MR) is 118 cm³/mol. The number of fused-ring (bicyclic) bond motifs is 1. The van der Waals surface area contributed by atoms with E-state index in [2.05, 4.69) is 40.3 Å². The van der Waals surface area contributed by atoms with Gasteiger partial charge in [-0.15, -0.1) is 11.3 Å². The monoisotopic (exact) mass is 402 g/mol. The van der Waals surface area contributed by atoms with E-state index in [9.17, 15) is 0 Å². The smallest absolute Gasteiger partial charge is 0.190 e. The number of hydrogen-bond acceptors (Lipinski definition) is 4. The Kier molecular flexibility index (Phi) is 4.60. The molecule has 0 bridgehead atoms. The topological polar surface area (TPSA) is 35.8 Å². The van der Waals surface area contributed by atoms with Crippen molar-refractivity contribution in [1.29, 1.82) is 0 Å². The second-order valence-corrected chi connectivity index (χ2v) is 8.08. The van der Waals surface area contributed by atoms with Crippen molar-refractivity contribution < 1.29 is 9.47 Å². The first-order chi connectivity index (χ1) is 14.2. The van der Waals surface area contributed by atoms with Crippen molar-refractivity contribution in [3.63, 3.8) is 0 Å². The Hall–Kier alpha value is -3.05. The van der Waals surface area contributed by atoms with Crippen LogP contribution in [0.3, 0.4) is 0 Å². The summed E-state index contributed by atoms with van der Waals surface area (Å²) in [6.07, 6.45) is 2.43. The van der Waals surface area contributed by atoms with Crippen molar-refractivity contribution in [1.82, 2.24) is 4.57 Å². The maximum Gasteiger partial charge on any atom is 0.190 e. The molecule has 0 radical (unpaired) electrons. The molecule has 146 valence electrons. The molecule has 29 heavy (non-hydrogen) atoms. The largest absolute Gasteiger partial charge is 0.497 e. The fraction of sp³-hybridized carbons (Fsp3) is 0.208. The first kappa shape index (κ1) is 18.0. The Bertz CT molecular complexity index is 1230. The lowest BCUT2D eigenvalue weighted by Gasteiger charge is -2.09. The third kappa shape index (κ3) is 3.54. The van der Waals surface area contributed by atoms with E-state index in [1.54, 1.807) is 25.6 Å². The van der Waals surface area contributed by atoms with Gasteiger partial charge in [-0.1, -0.05) is 18.2 Å². The molecule has 4 nitrogen and oxygen atoms in total. The summed E-state index contributed by atoms with van der Waals surface area (Å²) in [5.41, 5.74) is 3.41. The Morgan fingerprint density at radius 2 is 1.55 bits per heavy atom. The molecule has 1 saturated carbocycles. The highest BCUT2D eigenvalue weighted by atomic mass is 32.1. The Labute approximate surface area is 173 Å². The van der Waals surface area contributed by atoms with E-state index in [1.807, 2.05) is 30.3 Å². The summed E-state index contributed by atoms with van der Waals surface area (Å²) >= 11 is 1.70. The van der Waals surface area contributed by atoms with Crippen molar-refractivity contribution in [2.45, 2.75) is 18.9 Å². The first-order valence-electron chi connectivity index (χ1n) is 9.72. The minimum Gasteiger partial charge on any atom is -0.497 e. The zero-order valence-corrected chi connectivity index (χ0v) is 17.3. The SMILES string of the molecule is COc1ccc(N=c2scc(-c3ccc4cc(OC)ccc4c3)n2C2CC2)cc1. The standard InChI is InChI=1S/C24H22N2O2S/c1-27-21-11-6-19(7-12-21)25-24-26(20-8-9-20)23(15-29-24)18-4-3-17-14-22(28-2)10-5-16(17)13-18/h3-7,10-15,20H,8-9H2,1-2H3. The van der Waals surface area contributed by atoms with Gasteiger partial charge in [0.05, 0.1) is 25.6 Å². The normalized spacial score (nSPS) is 14.3. The summed E-state index contributed by atoms with van der Waals surface area (Å²) in [5, 5.41) is 4.63. The van der Waals surface area contributed by atoms with Crippen LogP contribution in [0, 0.1) is 0 Å². The summed E-state index contributed by atoms with van der Waals surface area (Å²) in [6, 6.07) is 21.3. The second-order valence-electron chi connectivity index (χ2n) is 7.24. The Balaban J connectivity index is 1.59. The van der Waals surface area contributed by atoms with Crippen molar-refractivity contribution in [3.05, 3.63) is 70.8 Å². The summed E-state index contributed by atoms with van der Waals surface area (Å²) in [5.74, 6) is 1.73. The van der Waals surface area contributed by atoms with Crippen LogP contribution in [-0.2, 0) is 0 Å². The molecular weight excluding hydrogens is 380 g/mol. The van der Waals surface area contributed by atoms with Crippen molar-refractivity contribution in [3.8, 4) is 22.8 Å². The number of rotatable bonds is 5. The van der Waals surface area contributed by atoms with Gasteiger partial charge in [-0.25, -0.2) is 4.99 Å². The van der Waals surface area contributed by atoms with Gasteiger partial charge in [0.2, 0.25) is 0 Å². The predicted octanol–water partition coefficient (Wildman–Crippen LogP) is 5.95. The van der Waals surface area contributed by atoms with Gasteiger partial charge in [-0.3, -0.25) is 0 Å². The van der Waals surface area contributed by atoms with Gasteiger partial charge in [0.15, 0.2) is 4.80 Å². The Morgan fingerprint density at radius 3 is 2.28 bits per heavy atom. The lowest BCUT2D eigenvalue weighted by atomic mass is 10.1. The summed E-state index contributed by atoms with van der Waals surface area (Å²) < 4.78 is 13.0. The number of methoxy groups -OCH3 is 2. The number of benzene rings is 3. The maximum absolute atomic E-state index is 5.35. The van der Waals surface area contributed by atoms with E-state index in [1.165, 1.54) is 34.9 Å². The molecule has 1 aliphatic carbocycles. The van der Waals surface area contributed by atoms with Crippen molar-refractivity contribution in [2.24, 2.45) is 4.99 Å². The van der Waals surface area contributed by atoms with E-state index >= 15 is 0 Å². The van der Waals surface area contributed by atoms with Crippen molar-refractivity contribution in [2.75, 3.05) is 14.2 Å². The Morgan fingerprint density at radius 1 is 0.862 bits per heavy atom. The van der Waals surface area contributed by atoms with Crippen LogP contribution >= 0.6 is 11.3 Å². The fourth-order valence-electron chi connectivity index (χ4n) is 3.58. The van der Waals surface area contributed by atoms with Crippen LogP contribution in [0.5, 0.6) is 11.5 Å². The van der Waals surface area contributed by atoms with E-state index in [4.69, 9.17) is 14.5 Å². The van der Waals surface area contributed by atoms with Gasteiger partial charge < -0.3 is 14.0 Å². The summed E-state index contributed by atoms with van der Waals surface area (Å²) in [6.45, 7) is 0. The number of nitrogens with zero attached hydrogens (tertiary/aromatic N) is 2. The minimum atomic E-state index is 0.541. The molecule has 1 fully saturated rings. The molecule has 0 saturated heterocycles. The summed E-state index contributed by atoms with van der Waals surface area (Å²) in [7, 11) is 3.38. The quantitative estimate of drug-likeness (QED) is 0.413. The lowest BCUT2D eigenvalue weighted by Crippen LogP contribution is -2.14. The molecule has 0 atom stereocenters. The summed E-state index contributed by atoms with van der Waals surface area (Å²) in [4.78, 5) is 5.96. The fourth-order valence-corrected chi connectivity index (χ4v) is 4.56. The van der Waals surface area contributed by atoms with Gasteiger partial charge in [-0.2, -0.15) is 0 Å². The molecule has 3 aromatic carbocycles. The van der Waals surface area contributed by atoms with Crippen LogP contribution in [0.25, 0.3) is 22.0 Å². The molecular formula is C24H22N2O2S. The van der Waals surface area contributed by atoms with Crippen LogP contribution in [0.1, 0.15) is 18.9 Å². The van der Waals surface area contributed by atoms with Gasteiger partial charge in [0.25, 0.3) is 0 Å². The molecule has 1 aliphatic rings. The number of aromatic nitrogens is 1. The van der Waals surface area contributed by atoms with E-state index in [0.717, 1.165) is 22.0 Å². The first-order valence-corrected chi connectivity index (χ1v) is 10.6. The zero-order valence-electron chi connectivity index (χ0n) is 16.5. The molecule has 0 amide bonds. The average Bonchev–Trinajstić information content (AvgIpc) is 3.53. The van der Waals surface area contributed by atoms with Gasteiger partial charge in [-0.05, 0) is 71.6 Å². The van der Waals surface area contributed by atoms with E-state index in [0.29, 0.717) is 6.04 Å². The van der Waals surface area contributed by atoms with Gasteiger partial charge >= 0.3 is 0 Å². The lowest BCUT2D eigenvalue weighted by molar-refractivity contribution is 0.415. The van der Waals surface area contributed by atoms with Gasteiger partial charge in [0, 0.05) is 11.4 Å². The van der Waals surface area contributed by atoms with Gasteiger partial charge in [0.1, 0.15) is 11.5 Å². The maximum atomic E-state index is 5.35. The highest BCUT2D eigenvalue weighted by Crippen LogP contribution is 2.38. The third-order valence-corrected chi connectivity index (χ3v) is 6.13. The minimum absolute atomic E-state index is 0.541. The molecule has 0 unspecified atom stereocenters. The van der Waals surface area contributed by atoms with Crippen LogP contribution in [0.15, 0.2) is 71.0 Å². The highest BCUT2D eigenvalue weighted by molar-refractivity contribution is 7.07. The van der Waals surface area contributed by atoms with E-state index in [-0.39, 0.29) is 0 Å². The van der Waals surface area contributed by atoms with Crippen LogP contribution < -0.4 is 14.3 Å². The average molecular weight is 403 g/mol.